The number of amides is 1. The highest BCUT2D eigenvalue weighted by Gasteiger charge is 2.06. The smallest absolute Gasteiger partial charge is 0.253 e. The number of primary amides is 1. The van der Waals surface area contributed by atoms with Crippen molar-refractivity contribution >= 4 is 46.0 Å². The van der Waals surface area contributed by atoms with Crippen molar-refractivity contribution in [3.05, 3.63) is 69.7 Å². The fraction of sp³-hybridized carbons (Fsp3) is 0. The predicted molar refractivity (Wildman–Crippen MR) is 81.6 cm³/mol. The maximum absolute atomic E-state index is 10.6. The lowest BCUT2D eigenvalue weighted by Crippen LogP contribution is -2.09. The van der Waals surface area contributed by atoms with E-state index in [1.54, 1.807) is 30.3 Å². The molecule has 0 radical (unpaired) electrons. The van der Waals surface area contributed by atoms with Gasteiger partial charge in [-0.1, -0.05) is 41.4 Å². The first-order chi connectivity index (χ1) is 9.41. The topological polar surface area (TPSA) is 60.2 Å². The van der Waals surface area contributed by atoms with E-state index >= 15 is 0 Å². The number of nitrogens with two attached hydrogens (primary N) is 1. The fourth-order valence-corrected chi connectivity index (χ4v) is 1.96. The van der Waals surface area contributed by atoms with Gasteiger partial charge in [0.05, 0.1) is 10.6 Å². The van der Waals surface area contributed by atoms with Gasteiger partial charge in [0.1, 0.15) is 0 Å². The molecule has 2 aromatic rings. The second-order valence-electron chi connectivity index (χ2n) is 3.63. The van der Waals surface area contributed by atoms with Crippen LogP contribution in [0.4, 0.5) is 0 Å². The zero-order valence-electron chi connectivity index (χ0n) is 10.1. The van der Waals surface area contributed by atoms with E-state index in [2.05, 4.69) is 0 Å². The monoisotopic (exact) mass is 329 g/mol. The summed E-state index contributed by atoms with van der Waals surface area (Å²) in [4.78, 5) is 21.0. The summed E-state index contributed by atoms with van der Waals surface area (Å²) in [5.74, 6) is -0.379. The van der Waals surface area contributed by atoms with Gasteiger partial charge in [-0.15, -0.1) is 0 Å². The van der Waals surface area contributed by atoms with Crippen molar-refractivity contribution in [3.8, 4) is 0 Å². The molecule has 2 rings (SSSR count). The minimum absolute atomic E-state index is 0.275. The van der Waals surface area contributed by atoms with Crippen molar-refractivity contribution in [1.29, 1.82) is 0 Å². The van der Waals surface area contributed by atoms with Gasteiger partial charge in [0.2, 0.25) is 5.91 Å². The zero-order chi connectivity index (χ0) is 15.1. The Morgan fingerprint density at radius 3 is 1.95 bits per heavy atom. The van der Waals surface area contributed by atoms with Crippen LogP contribution in [0.5, 0.6) is 0 Å². The van der Waals surface area contributed by atoms with Gasteiger partial charge in [-0.2, -0.15) is 0 Å². The average molecular weight is 331 g/mol. The summed E-state index contributed by atoms with van der Waals surface area (Å²) in [7, 11) is 0. The Bertz CT molecular complexity index is 615. The van der Waals surface area contributed by atoms with Gasteiger partial charge < -0.3 is 5.73 Å². The van der Waals surface area contributed by atoms with Crippen LogP contribution in [0.3, 0.4) is 0 Å². The molecule has 0 spiro atoms. The van der Waals surface area contributed by atoms with Crippen molar-refractivity contribution in [3.63, 3.8) is 0 Å². The highest BCUT2D eigenvalue weighted by atomic mass is 35.5. The number of carbonyl (C=O) groups excluding carboxylic acids is 2. The second kappa shape index (κ2) is 7.90. The number of benzene rings is 2. The Hall–Kier alpha value is -1.55. The van der Waals surface area contributed by atoms with Crippen molar-refractivity contribution < 1.29 is 9.59 Å². The van der Waals surface area contributed by atoms with Gasteiger partial charge in [0.15, 0.2) is 0 Å². The van der Waals surface area contributed by atoms with Crippen LogP contribution in [-0.2, 0) is 0 Å². The summed E-state index contributed by atoms with van der Waals surface area (Å²) in [5.41, 5.74) is 5.80. The number of halogens is 3. The van der Waals surface area contributed by atoms with Crippen molar-refractivity contribution in [1.82, 2.24) is 0 Å². The van der Waals surface area contributed by atoms with Crippen LogP contribution >= 0.6 is 34.8 Å². The highest BCUT2D eigenvalue weighted by molar-refractivity contribution is 6.68. The quantitative estimate of drug-likeness (QED) is 0.841. The maximum Gasteiger partial charge on any atom is 0.253 e. The Balaban J connectivity index is 0.000000204. The van der Waals surface area contributed by atoms with Gasteiger partial charge in [-0.05, 0) is 41.9 Å². The van der Waals surface area contributed by atoms with E-state index in [0.717, 1.165) is 0 Å². The molecule has 0 fully saturated rings. The van der Waals surface area contributed by atoms with Crippen LogP contribution in [0.1, 0.15) is 20.7 Å². The van der Waals surface area contributed by atoms with Gasteiger partial charge in [0, 0.05) is 10.6 Å². The molecular weight excluding hydrogens is 321 g/mol. The van der Waals surface area contributed by atoms with Crippen molar-refractivity contribution in [2.45, 2.75) is 0 Å². The summed E-state index contributed by atoms with van der Waals surface area (Å²) in [6.07, 6.45) is 0. The first-order valence-electron chi connectivity index (χ1n) is 5.41. The molecule has 0 unspecified atom stereocenters. The largest absolute Gasteiger partial charge is 0.366 e. The van der Waals surface area contributed by atoms with Gasteiger partial charge in [-0.3, -0.25) is 9.59 Å². The first kappa shape index (κ1) is 16.5. The molecule has 0 aromatic heterocycles. The summed E-state index contributed by atoms with van der Waals surface area (Å²) in [5, 5.41) is 0.181. The molecule has 3 nitrogen and oxygen atoms in total. The summed E-state index contributed by atoms with van der Waals surface area (Å²) in [6.45, 7) is 0. The minimum atomic E-state index is -0.577. The molecule has 104 valence electrons. The first-order valence-corrected chi connectivity index (χ1v) is 6.55. The highest BCUT2D eigenvalue weighted by Crippen LogP contribution is 2.21. The number of rotatable bonds is 2. The molecule has 0 aliphatic carbocycles. The number of carbonyl (C=O) groups is 2. The molecule has 2 aromatic carbocycles. The van der Waals surface area contributed by atoms with Gasteiger partial charge in [0.25, 0.3) is 5.24 Å². The molecule has 20 heavy (non-hydrogen) atoms. The van der Waals surface area contributed by atoms with Gasteiger partial charge in [-0.25, -0.2) is 0 Å². The SMILES string of the molecule is NC(=O)c1ccccc1.O=C(Cl)c1ccc(Cl)cc1Cl. The standard InChI is InChI=1S/C7H3Cl3O.C7H7NO/c8-4-1-2-5(7(10)11)6(9)3-4;8-7(9)6-4-2-1-3-5-6/h1-3H;1-5H,(H2,8,9). The lowest BCUT2D eigenvalue weighted by molar-refractivity contribution is 0.0999. The molecule has 0 heterocycles. The molecule has 0 aliphatic rings. The van der Waals surface area contributed by atoms with Gasteiger partial charge >= 0.3 is 0 Å². The van der Waals surface area contributed by atoms with Crippen LogP contribution in [0, 0.1) is 0 Å². The Labute approximate surface area is 131 Å². The lowest BCUT2D eigenvalue weighted by atomic mass is 10.2. The molecule has 0 aliphatic heterocycles. The molecule has 0 saturated heterocycles. The van der Waals surface area contributed by atoms with Crippen LogP contribution in [0.15, 0.2) is 48.5 Å². The van der Waals surface area contributed by atoms with E-state index in [9.17, 15) is 9.59 Å². The Kier molecular flexibility index (Phi) is 6.52. The third-order valence-corrected chi connectivity index (χ3v) is 2.95. The minimum Gasteiger partial charge on any atom is -0.366 e. The fourth-order valence-electron chi connectivity index (χ4n) is 1.25. The average Bonchev–Trinajstić information content (AvgIpc) is 2.40. The molecule has 2 N–H and O–H groups in total. The maximum atomic E-state index is 10.6. The molecule has 1 amide bonds. The summed E-state index contributed by atoms with van der Waals surface area (Å²) < 4.78 is 0. The second-order valence-corrected chi connectivity index (χ2v) is 4.82. The predicted octanol–water partition coefficient (Wildman–Crippen LogP) is 4.16. The van der Waals surface area contributed by atoms with E-state index in [-0.39, 0.29) is 16.5 Å². The third kappa shape index (κ3) is 5.21. The third-order valence-electron chi connectivity index (χ3n) is 2.20. The number of hydrogen-bond acceptors (Lipinski definition) is 2. The number of hydrogen-bond donors (Lipinski definition) is 1. The van der Waals surface area contributed by atoms with Crippen LogP contribution in [0.25, 0.3) is 0 Å². The van der Waals surface area contributed by atoms with Crippen LogP contribution in [-0.4, -0.2) is 11.1 Å². The zero-order valence-corrected chi connectivity index (χ0v) is 12.4. The molecule has 0 saturated carbocycles. The van der Waals surface area contributed by atoms with Crippen LogP contribution in [0.2, 0.25) is 10.0 Å². The summed E-state index contributed by atoms with van der Waals surface area (Å²) >= 11 is 16.4. The molecule has 6 heteroatoms. The summed E-state index contributed by atoms with van der Waals surface area (Å²) in [6, 6.07) is 13.3. The van der Waals surface area contributed by atoms with Crippen molar-refractivity contribution in [2.24, 2.45) is 5.73 Å². The van der Waals surface area contributed by atoms with E-state index in [4.69, 9.17) is 40.5 Å². The lowest BCUT2D eigenvalue weighted by Gasteiger charge is -1.96. The Morgan fingerprint density at radius 2 is 1.55 bits per heavy atom. The Morgan fingerprint density at radius 1 is 0.950 bits per heavy atom. The van der Waals surface area contributed by atoms with Crippen LogP contribution < -0.4 is 5.73 Å². The molecule has 0 bridgehead atoms. The van der Waals surface area contributed by atoms with E-state index in [1.165, 1.54) is 12.1 Å². The normalized spacial score (nSPS) is 9.35. The van der Waals surface area contributed by atoms with E-state index in [0.29, 0.717) is 10.6 Å². The molecule has 0 atom stereocenters. The van der Waals surface area contributed by atoms with Crippen molar-refractivity contribution in [2.75, 3.05) is 0 Å². The van der Waals surface area contributed by atoms with E-state index in [1.807, 2.05) is 6.07 Å². The molecular formula is C14H10Cl3NO2. The van der Waals surface area contributed by atoms with E-state index < -0.39 is 5.24 Å².